The van der Waals surface area contributed by atoms with Crippen LogP contribution in [0.2, 0.25) is 0 Å². The summed E-state index contributed by atoms with van der Waals surface area (Å²) in [5.74, 6) is -3.00. The predicted molar refractivity (Wildman–Crippen MR) is 57.9 cm³/mol. The van der Waals surface area contributed by atoms with Crippen LogP contribution in [0, 0.1) is 0 Å². The number of carboxylic acid groups (broad SMARTS) is 1. The summed E-state index contributed by atoms with van der Waals surface area (Å²) < 4.78 is 38.5. The van der Waals surface area contributed by atoms with E-state index in [2.05, 4.69) is 5.32 Å². The molecule has 0 fully saturated rings. The van der Waals surface area contributed by atoms with Crippen molar-refractivity contribution in [3.05, 3.63) is 29.8 Å². The highest BCUT2D eigenvalue weighted by Crippen LogP contribution is 2.13. The Kier molecular flexibility index (Phi) is 4.97. The second-order valence-corrected chi connectivity index (χ2v) is 2.93. The van der Waals surface area contributed by atoms with Crippen molar-refractivity contribution in [2.75, 3.05) is 12.8 Å². The van der Waals surface area contributed by atoms with Crippen molar-refractivity contribution >= 4 is 17.6 Å². The third-order valence-corrected chi connectivity index (χ3v) is 1.58. The van der Waals surface area contributed by atoms with Gasteiger partial charge >= 0.3 is 12.1 Å². The van der Waals surface area contributed by atoms with Gasteiger partial charge < -0.3 is 16.2 Å². The predicted octanol–water partition coefficient (Wildman–Crippen LogP) is 1.26. The van der Waals surface area contributed by atoms with Gasteiger partial charge in [0, 0.05) is 19.6 Å². The minimum Gasteiger partial charge on any atom is -0.475 e. The molecule has 100 valence electrons. The number of anilines is 1. The Labute approximate surface area is 102 Å². The van der Waals surface area contributed by atoms with Crippen LogP contribution < -0.4 is 11.1 Å². The molecule has 0 saturated heterocycles. The number of nitrogen functional groups attached to an aromatic ring is 1. The Morgan fingerprint density at radius 2 is 1.78 bits per heavy atom. The van der Waals surface area contributed by atoms with Gasteiger partial charge in [0.25, 0.3) is 5.91 Å². The molecule has 0 aromatic heterocycles. The summed E-state index contributed by atoms with van der Waals surface area (Å²) in [5, 5.41) is 9.49. The number of nitrogens with one attached hydrogen (secondary N) is 1. The molecular weight excluding hydrogens is 253 g/mol. The van der Waals surface area contributed by atoms with E-state index in [0.717, 1.165) is 0 Å². The second-order valence-electron chi connectivity index (χ2n) is 2.93. The first-order valence-corrected chi connectivity index (χ1v) is 4.41. The zero-order valence-electron chi connectivity index (χ0n) is 9.99. The van der Waals surface area contributed by atoms with Gasteiger partial charge in [0.15, 0.2) is 0 Å². The third kappa shape index (κ3) is 5.73. The van der Waals surface area contributed by atoms with E-state index in [0.29, 0.717) is 11.3 Å². The highest BCUT2D eigenvalue weighted by Gasteiger charge is 2.38. The van der Waals surface area contributed by atoms with Crippen LogP contribution in [0.1, 0.15) is 11.7 Å². The van der Waals surface area contributed by atoms with Crippen LogP contribution in [0.15, 0.2) is 24.3 Å². The van der Waals surface area contributed by atoms with Gasteiger partial charge in [-0.25, -0.2) is 4.79 Å². The van der Waals surface area contributed by atoms with Crippen LogP contribution in [-0.2, 0) is 4.79 Å². The number of hydrogen-bond donors (Lipinski definition) is 3. The zero-order chi connectivity index (χ0) is 15.1. The number of hydrogen-bond acceptors (Lipinski definition) is 3. The molecule has 5 nitrogen and oxygen atoms in total. The van der Waals surface area contributed by atoms with Crippen molar-refractivity contribution in [2.45, 2.75) is 6.18 Å². The van der Waals surface area contributed by atoms with Crippen LogP contribution in [0.3, 0.4) is 0 Å². The quantitative estimate of drug-likeness (QED) is 0.666. The summed E-state index contributed by atoms with van der Waals surface area (Å²) >= 11 is 0. The lowest BCUT2D eigenvalue weighted by Gasteiger charge is -1.98. The molecule has 0 bridgehead atoms. The normalized spacial score (nSPS) is 10.7. The van der Waals surface area contributed by atoms with Crippen molar-refractivity contribution in [3.63, 3.8) is 0 Å². The Morgan fingerprint density at radius 1 is 1.33 bits per heavy atom. The molecule has 0 radical (unpaired) electrons. The summed E-state index contributed by atoms with van der Waals surface area (Å²) in [6, 6.07) is 6.55. The van der Waals surface area contributed by atoms with Crippen LogP contribution >= 0.6 is 0 Å². The smallest absolute Gasteiger partial charge is 0.475 e. The number of carboxylic acids is 1. The number of rotatable bonds is 1. The highest BCUT2D eigenvalue weighted by molar-refractivity contribution is 5.94. The Bertz CT molecular complexity index is 435. The number of halogens is 3. The van der Waals surface area contributed by atoms with E-state index in [9.17, 15) is 18.0 Å². The maximum absolute atomic E-state index is 11.1. The number of carbonyl (C=O) groups is 2. The maximum atomic E-state index is 11.1. The summed E-state index contributed by atoms with van der Waals surface area (Å²) in [5.41, 5.74) is 6.58. The van der Waals surface area contributed by atoms with Gasteiger partial charge in [0.1, 0.15) is 0 Å². The van der Waals surface area contributed by atoms with E-state index in [1.165, 1.54) is 0 Å². The van der Waals surface area contributed by atoms with Gasteiger partial charge in [0.05, 0.1) is 0 Å². The lowest BCUT2D eigenvalue weighted by molar-refractivity contribution is -0.192. The standard InChI is InChI=1S/C8H10N2O.C2HF3O2/c1-10-8(11)6-2-4-7(9)5-3-6;3-2(4,5)1(6)7/h2-5H,9H2,1H3,(H,10,11);(H,6,7)/i1D;. The fourth-order valence-electron chi connectivity index (χ4n) is 0.737. The molecule has 0 aliphatic rings. The molecule has 1 aromatic carbocycles. The first-order chi connectivity index (χ1) is 8.68. The second kappa shape index (κ2) is 6.48. The molecule has 1 rings (SSSR count). The molecule has 0 aliphatic heterocycles. The monoisotopic (exact) mass is 265 g/mol. The molecule has 0 saturated carbocycles. The van der Waals surface area contributed by atoms with E-state index in [1.807, 2.05) is 0 Å². The summed E-state index contributed by atoms with van der Waals surface area (Å²) in [6.07, 6.45) is -5.08. The van der Waals surface area contributed by atoms with Gasteiger partial charge in [-0.05, 0) is 24.3 Å². The first kappa shape index (κ1) is 13.8. The number of nitrogens with two attached hydrogens (primary N) is 1. The third-order valence-electron chi connectivity index (χ3n) is 1.58. The molecule has 18 heavy (non-hydrogen) atoms. The van der Waals surface area contributed by atoms with E-state index in [1.54, 1.807) is 24.3 Å². The Balaban J connectivity index is 0.000000399. The highest BCUT2D eigenvalue weighted by atomic mass is 19.4. The molecule has 0 atom stereocenters. The summed E-state index contributed by atoms with van der Waals surface area (Å²) in [4.78, 5) is 20.0. The molecule has 1 aromatic rings. The van der Waals surface area contributed by atoms with Gasteiger partial charge in [-0.1, -0.05) is 0 Å². The summed E-state index contributed by atoms with van der Waals surface area (Å²) in [6.45, 7) is 0. The average molecular weight is 265 g/mol. The molecule has 8 heteroatoms. The van der Waals surface area contributed by atoms with Gasteiger partial charge in [0.2, 0.25) is 0 Å². The fourth-order valence-corrected chi connectivity index (χ4v) is 0.737. The van der Waals surface area contributed by atoms with Crippen molar-refractivity contribution in [3.8, 4) is 0 Å². The van der Waals surface area contributed by atoms with Crippen molar-refractivity contribution in [1.29, 1.82) is 0 Å². The largest absolute Gasteiger partial charge is 0.490 e. The van der Waals surface area contributed by atoms with E-state index in [-0.39, 0.29) is 12.9 Å². The zero-order valence-corrected chi connectivity index (χ0v) is 8.99. The SMILES string of the molecule is O=C(O)C(F)(F)F.[2H]CNC(=O)c1ccc(N)cc1. The molecule has 1 amide bonds. The minimum absolute atomic E-state index is 0.108. The van der Waals surface area contributed by atoms with E-state index in [4.69, 9.17) is 17.0 Å². The lowest BCUT2D eigenvalue weighted by Crippen LogP contribution is -2.21. The maximum Gasteiger partial charge on any atom is 0.490 e. The van der Waals surface area contributed by atoms with Crippen LogP contribution in [0.4, 0.5) is 18.9 Å². The van der Waals surface area contributed by atoms with E-state index >= 15 is 0 Å². The number of amides is 1. The lowest BCUT2D eigenvalue weighted by atomic mass is 10.2. The molecule has 4 N–H and O–H groups in total. The Morgan fingerprint density at radius 3 is 2.11 bits per heavy atom. The Hall–Kier alpha value is -2.25. The first-order valence-electron chi connectivity index (χ1n) is 5.12. The minimum atomic E-state index is -5.08. The number of alkyl halides is 3. The average Bonchev–Trinajstić information content (AvgIpc) is 2.29. The van der Waals surface area contributed by atoms with Crippen molar-refractivity contribution in [1.82, 2.24) is 5.32 Å². The topological polar surface area (TPSA) is 92.4 Å². The van der Waals surface area contributed by atoms with Crippen LogP contribution in [-0.4, -0.2) is 30.2 Å². The van der Waals surface area contributed by atoms with E-state index < -0.39 is 12.1 Å². The van der Waals surface area contributed by atoms with Gasteiger partial charge in [-0.3, -0.25) is 4.79 Å². The fraction of sp³-hybridized carbons (Fsp3) is 0.200. The molecule has 0 heterocycles. The molecule has 0 aliphatic carbocycles. The van der Waals surface area contributed by atoms with Crippen LogP contribution in [0.5, 0.6) is 0 Å². The number of benzene rings is 1. The van der Waals surface area contributed by atoms with Crippen molar-refractivity contribution < 1.29 is 29.2 Å². The molecular formula is C10H11F3N2O3. The van der Waals surface area contributed by atoms with Gasteiger partial charge in [-0.15, -0.1) is 0 Å². The number of aliphatic carboxylic acids is 1. The van der Waals surface area contributed by atoms with Crippen LogP contribution in [0.25, 0.3) is 0 Å². The molecule has 0 unspecified atom stereocenters. The molecule has 0 spiro atoms. The number of carbonyl (C=O) groups excluding carboxylic acids is 1. The van der Waals surface area contributed by atoms with Crippen molar-refractivity contribution in [2.24, 2.45) is 0 Å². The summed E-state index contributed by atoms with van der Waals surface area (Å²) in [7, 11) is -0.108. The van der Waals surface area contributed by atoms with Gasteiger partial charge in [-0.2, -0.15) is 13.2 Å².